The minimum absolute atomic E-state index is 0.937. The number of carbonyl (C=O) groups excluding carboxylic acids is 2. The second kappa shape index (κ2) is 10.7. The molecule has 13 heavy (non-hydrogen) atoms. The molecule has 78 valence electrons. The quantitative estimate of drug-likeness (QED) is 0.583. The summed E-state index contributed by atoms with van der Waals surface area (Å²) >= 11 is 0. The van der Waals surface area contributed by atoms with E-state index in [1.807, 2.05) is 0 Å². The third kappa shape index (κ3) is 24.9. The van der Waals surface area contributed by atoms with E-state index in [0.29, 0.717) is 0 Å². The van der Waals surface area contributed by atoms with Crippen molar-refractivity contribution in [1.82, 2.24) is 5.32 Å². The fourth-order valence-corrected chi connectivity index (χ4v) is 0.621. The summed E-state index contributed by atoms with van der Waals surface area (Å²) in [6, 6.07) is -1.88. The molecule has 0 bridgehead atoms. The molecular formula is C8H19N3O2. The van der Waals surface area contributed by atoms with Crippen molar-refractivity contribution in [3.8, 4) is 0 Å². The van der Waals surface area contributed by atoms with Crippen LogP contribution in [0.2, 0.25) is 0 Å². The number of imide groups is 1. The first kappa shape index (κ1) is 14.3. The Morgan fingerprint density at radius 3 is 1.38 bits per heavy atom. The highest BCUT2D eigenvalue weighted by Gasteiger charge is 1.92. The van der Waals surface area contributed by atoms with Crippen LogP contribution < -0.4 is 16.8 Å². The van der Waals surface area contributed by atoms with Gasteiger partial charge >= 0.3 is 12.1 Å². The van der Waals surface area contributed by atoms with Crippen LogP contribution in [0, 0.1) is 0 Å². The maximum absolute atomic E-state index is 9.62. The molecule has 0 aromatic heterocycles. The fraction of sp³-hybridized carbons (Fsp3) is 0.750. The summed E-state index contributed by atoms with van der Waals surface area (Å²) in [5.41, 5.74) is 8.88. The van der Waals surface area contributed by atoms with Crippen LogP contribution in [0.5, 0.6) is 0 Å². The number of primary amides is 2. The minimum Gasteiger partial charge on any atom is -0.351 e. The Morgan fingerprint density at radius 2 is 1.31 bits per heavy atom. The Morgan fingerprint density at radius 1 is 1.00 bits per heavy atom. The average Bonchev–Trinajstić information content (AvgIpc) is 1.99. The summed E-state index contributed by atoms with van der Waals surface area (Å²) in [7, 11) is 0. The fourth-order valence-electron chi connectivity index (χ4n) is 0.621. The van der Waals surface area contributed by atoms with E-state index in [-0.39, 0.29) is 0 Å². The topological polar surface area (TPSA) is 98.2 Å². The first-order chi connectivity index (χ1) is 6.04. The van der Waals surface area contributed by atoms with Gasteiger partial charge in [0.1, 0.15) is 0 Å². The van der Waals surface area contributed by atoms with Gasteiger partial charge in [0.05, 0.1) is 0 Å². The van der Waals surface area contributed by atoms with Crippen LogP contribution in [0.25, 0.3) is 0 Å². The van der Waals surface area contributed by atoms with Crippen molar-refractivity contribution in [2.24, 2.45) is 11.5 Å². The number of unbranched alkanes of at least 4 members (excludes halogenated alkanes) is 3. The molecule has 5 nitrogen and oxygen atoms in total. The lowest BCUT2D eigenvalue weighted by atomic mass is 10.2. The van der Waals surface area contributed by atoms with Gasteiger partial charge in [0.2, 0.25) is 0 Å². The van der Waals surface area contributed by atoms with E-state index in [4.69, 9.17) is 0 Å². The van der Waals surface area contributed by atoms with Crippen LogP contribution in [0.4, 0.5) is 9.59 Å². The van der Waals surface area contributed by atoms with Crippen molar-refractivity contribution in [2.45, 2.75) is 39.5 Å². The molecule has 0 spiro atoms. The summed E-state index contributed by atoms with van der Waals surface area (Å²) in [6.07, 6.45) is 5.54. The van der Waals surface area contributed by atoms with Crippen LogP contribution in [-0.2, 0) is 0 Å². The van der Waals surface area contributed by atoms with E-state index < -0.39 is 12.1 Å². The maximum atomic E-state index is 9.62. The van der Waals surface area contributed by atoms with Crippen molar-refractivity contribution in [1.29, 1.82) is 0 Å². The normalized spacial score (nSPS) is 8.15. The molecule has 0 aliphatic rings. The summed E-state index contributed by atoms with van der Waals surface area (Å²) in [5.74, 6) is 0. The minimum atomic E-state index is -0.938. The predicted molar refractivity (Wildman–Crippen MR) is 52.1 cm³/mol. The Bertz CT molecular complexity index is 132. The van der Waals surface area contributed by atoms with Gasteiger partial charge in [-0.2, -0.15) is 0 Å². The number of amides is 4. The van der Waals surface area contributed by atoms with Crippen molar-refractivity contribution in [3.63, 3.8) is 0 Å². The predicted octanol–water partition coefficient (Wildman–Crippen LogP) is 1.32. The molecule has 0 fully saturated rings. The second-order valence-electron chi connectivity index (χ2n) is 2.56. The first-order valence-corrected chi connectivity index (χ1v) is 4.40. The van der Waals surface area contributed by atoms with E-state index in [9.17, 15) is 9.59 Å². The highest BCUT2D eigenvalue weighted by molar-refractivity contribution is 5.91. The smallest absolute Gasteiger partial charge is 0.320 e. The molecule has 0 aliphatic heterocycles. The number of urea groups is 2. The van der Waals surface area contributed by atoms with E-state index in [1.165, 1.54) is 25.7 Å². The molecule has 0 heterocycles. The lowest BCUT2D eigenvalue weighted by Gasteiger charge is -1.88. The molecule has 0 aromatic rings. The van der Waals surface area contributed by atoms with Gasteiger partial charge in [0, 0.05) is 0 Å². The standard InChI is InChI=1S/C6H14.C2H5N3O2/c1-3-5-6-4-2;3-1(6)5-2(4)7/h3-6H2,1-2H3;(H5,3,4,5,6,7). The van der Waals surface area contributed by atoms with Gasteiger partial charge < -0.3 is 11.5 Å². The zero-order valence-corrected chi connectivity index (χ0v) is 8.30. The van der Waals surface area contributed by atoms with Crippen LogP contribution in [0.3, 0.4) is 0 Å². The molecule has 5 heteroatoms. The number of nitrogens with two attached hydrogens (primary N) is 2. The van der Waals surface area contributed by atoms with Crippen LogP contribution in [-0.4, -0.2) is 12.1 Å². The highest BCUT2D eigenvalue weighted by Crippen LogP contribution is 1.95. The lowest BCUT2D eigenvalue weighted by Crippen LogP contribution is -2.38. The molecular weight excluding hydrogens is 170 g/mol. The largest absolute Gasteiger partial charge is 0.351 e. The van der Waals surface area contributed by atoms with Crippen molar-refractivity contribution in [2.75, 3.05) is 0 Å². The number of rotatable bonds is 3. The molecule has 0 aromatic carbocycles. The summed E-state index contributed by atoms with van der Waals surface area (Å²) < 4.78 is 0. The number of hydrogen-bond acceptors (Lipinski definition) is 2. The van der Waals surface area contributed by atoms with Crippen molar-refractivity contribution in [3.05, 3.63) is 0 Å². The SMILES string of the molecule is CCCCCC.NC(=O)NC(N)=O. The van der Waals surface area contributed by atoms with Gasteiger partial charge in [0.15, 0.2) is 0 Å². The zero-order chi connectivity index (χ0) is 10.7. The summed E-state index contributed by atoms with van der Waals surface area (Å²) in [5, 5.41) is 1.58. The third-order valence-corrected chi connectivity index (χ3v) is 1.20. The van der Waals surface area contributed by atoms with Gasteiger partial charge in [-0.25, -0.2) is 9.59 Å². The second-order valence-corrected chi connectivity index (χ2v) is 2.56. The average molecular weight is 189 g/mol. The van der Waals surface area contributed by atoms with Crippen molar-refractivity contribution < 1.29 is 9.59 Å². The van der Waals surface area contributed by atoms with E-state index in [0.717, 1.165) is 0 Å². The van der Waals surface area contributed by atoms with Gasteiger partial charge in [-0.3, -0.25) is 5.32 Å². The summed E-state index contributed by atoms with van der Waals surface area (Å²) in [4.78, 5) is 19.2. The van der Waals surface area contributed by atoms with Gasteiger partial charge in [0.25, 0.3) is 0 Å². The number of carbonyl (C=O) groups is 2. The Labute approximate surface area is 78.9 Å². The third-order valence-electron chi connectivity index (χ3n) is 1.20. The Hall–Kier alpha value is -1.26. The Balaban J connectivity index is 0. The molecule has 0 unspecified atom stereocenters. The van der Waals surface area contributed by atoms with Gasteiger partial charge in [-0.1, -0.05) is 39.5 Å². The van der Waals surface area contributed by atoms with E-state index in [2.05, 4.69) is 25.3 Å². The van der Waals surface area contributed by atoms with Crippen molar-refractivity contribution >= 4 is 12.1 Å². The van der Waals surface area contributed by atoms with E-state index in [1.54, 1.807) is 5.32 Å². The molecule has 5 N–H and O–H groups in total. The molecule has 0 radical (unpaired) electrons. The summed E-state index contributed by atoms with van der Waals surface area (Å²) in [6.45, 7) is 4.46. The maximum Gasteiger partial charge on any atom is 0.320 e. The van der Waals surface area contributed by atoms with Crippen LogP contribution >= 0.6 is 0 Å². The lowest BCUT2D eigenvalue weighted by molar-refractivity contribution is 0.236. The molecule has 0 rings (SSSR count). The van der Waals surface area contributed by atoms with Crippen LogP contribution in [0.15, 0.2) is 0 Å². The first-order valence-electron chi connectivity index (χ1n) is 4.40. The molecule has 0 atom stereocenters. The molecule has 0 aliphatic carbocycles. The monoisotopic (exact) mass is 189 g/mol. The van der Waals surface area contributed by atoms with E-state index >= 15 is 0 Å². The number of hydrogen-bond donors (Lipinski definition) is 3. The molecule has 0 saturated carbocycles. The molecule has 4 amide bonds. The van der Waals surface area contributed by atoms with Gasteiger partial charge in [-0.15, -0.1) is 0 Å². The van der Waals surface area contributed by atoms with Crippen LogP contribution in [0.1, 0.15) is 39.5 Å². The van der Waals surface area contributed by atoms with Gasteiger partial charge in [-0.05, 0) is 0 Å². The molecule has 0 saturated heterocycles. The zero-order valence-electron chi connectivity index (χ0n) is 8.30. The Kier molecular flexibility index (Phi) is 11.8. The highest BCUT2D eigenvalue weighted by atomic mass is 16.2. The number of nitrogens with one attached hydrogen (secondary N) is 1.